The van der Waals surface area contributed by atoms with Gasteiger partial charge in [0.25, 0.3) is 11.8 Å². The smallest absolute Gasteiger partial charge is 0.254 e. The molecule has 7 nitrogen and oxygen atoms in total. The van der Waals surface area contributed by atoms with Crippen LogP contribution in [0, 0.1) is 5.82 Å². The largest absolute Gasteiger partial charge is 0.470 e. The molecule has 1 saturated heterocycles. The highest BCUT2D eigenvalue weighted by Crippen LogP contribution is 2.23. The first kappa shape index (κ1) is 16.8. The molecule has 0 N–H and O–H groups in total. The van der Waals surface area contributed by atoms with Crippen molar-refractivity contribution in [3.05, 3.63) is 41.6 Å². The molecule has 0 spiro atoms. The first-order valence-electron chi connectivity index (χ1n) is 8.33. The van der Waals surface area contributed by atoms with E-state index >= 15 is 0 Å². The van der Waals surface area contributed by atoms with Crippen molar-refractivity contribution >= 4 is 28.7 Å². The molecular weight excluding hydrogens is 357 g/mol. The summed E-state index contributed by atoms with van der Waals surface area (Å²) in [4.78, 5) is 22.2. The van der Waals surface area contributed by atoms with Crippen LogP contribution in [0.3, 0.4) is 0 Å². The van der Waals surface area contributed by atoms with Gasteiger partial charge in [0.2, 0.25) is 5.82 Å². The highest BCUT2D eigenvalue weighted by atomic mass is 32.1. The summed E-state index contributed by atoms with van der Waals surface area (Å²) in [7, 11) is 0. The van der Waals surface area contributed by atoms with E-state index in [4.69, 9.17) is 4.74 Å². The Labute approximate surface area is 153 Å². The molecule has 1 aliphatic rings. The number of benzene rings is 1. The number of likely N-dealkylation sites (tertiary alicyclic amines) is 1. The Morgan fingerprint density at radius 1 is 1.35 bits per heavy atom. The number of rotatable bonds is 4. The molecule has 0 aliphatic carbocycles. The van der Waals surface area contributed by atoms with E-state index in [2.05, 4.69) is 18.7 Å². The summed E-state index contributed by atoms with van der Waals surface area (Å²) in [5.41, 5.74) is 2.38. The third-order valence-electron chi connectivity index (χ3n) is 4.38. The van der Waals surface area contributed by atoms with Gasteiger partial charge in [0.1, 0.15) is 23.5 Å². The summed E-state index contributed by atoms with van der Waals surface area (Å²) in [5.74, 6) is -0.671. The van der Waals surface area contributed by atoms with Crippen LogP contribution in [0.4, 0.5) is 4.39 Å². The Morgan fingerprint density at radius 3 is 3.04 bits per heavy atom. The van der Waals surface area contributed by atoms with Crippen LogP contribution < -0.4 is 4.74 Å². The van der Waals surface area contributed by atoms with Crippen molar-refractivity contribution in [2.24, 2.45) is 0 Å². The van der Waals surface area contributed by atoms with Gasteiger partial charge in [-0.2, -0.15) is 18.1 Å². The van der Waals surface area contributed by atoms with Gasteiger partial charge in [-0.3, -0.25) is 4.79 Å². The molecular formula is C17H16FN5O2S. The van der Waals surface area contributed by atoms with Gasteiger partial charge in [-0.15, -0.1) is 0 Å². The maximum atomic E-state index is 14.2. The van der Waals surface area contributed by atoms with Crippen LogP contribution in [0.5, 0.6) is 5.88 Å². The summed E-state index contributed by atoms with van der Waals surface area (Å²) in [6.45, 7) is 2.75. The maximum Gasteiger partial charge on any atom is 0.254 e. The molecule has 1 atom stereocenters. The Kier molecular flexibility index (Phi) is 4.46. The third-order valence-corrected chi connectivity index (χ3v) is 4.93. The lowest BCUT2D eigenvalue weighted by atomic mass is 10.2. The highest BCUT2D eigenvalue weighted by Gasteiger charge is 2.29. The first-order valence-corrected chi connectivity index (χ1v) is 9.06. The predicted molar refractivity (Wildman–Crippen MR) is 93.7 cm³/mol. The number of fused-ring (bicyclic) bond motifs is 1. The second-order valence-corrected chi connectivity index (χ2v) is 6.57. The minimum atomic E-state index is -0.527. The number of ether oxygens (including phenoxy) is 1. The normalized spacial score (nSPS) is 17.0. The van der Waals surface area contributed by atoms with Crippen LogP contribution in [0.1, 0.15) is 29.4 Å². The number of hydrogen-bond donors (Lipinski definition) is 0. The molecule has 4 rings (SSSR count). The minimum absolute atomic E-state index is 0.0499. The number of halogens is 1. The van der Waals surface area contributed by atoms with E-state index in [1.807, 2.05) is 6.92 Å². The van der Waals surface area contributed by atoms with Crippen molar-refractivity contribution in [1.29, 1.82) is 0 Å². The van der Waals surface area contributed by atoms with Gasteiger partial charge < -0.3 is 9.64 Å². The number of carbonyl (C=O) groups is 1. The Bertz CT molecular complexity index is 963. The van der Waals surface area contributed by atoms with E-state index in [0.717, 1.165) is 17.2 Å². The van der Waals surface area contributed by atoms with E-state index in [1.54, 1.807) is 23.1 Å². The lowest BCUT2D eigenvalue weighted by Crippen LogP contribution is -2.31. The predicted octanol–water partition coefficient (Wildman–Crippen LogP) is 2.48. The number of hydrogen-bond acceptors (Lipinski definition) is 7. The summed E-state index contributed by atoms with van der Waals surface area (Å²) < 4.78 is 28.2. The van der Waals surface area contributed by atoms with Gasteiger partial charge in [-0.25, -0.2) is 4.98 Å². The molecule has 1 aliphatic heterocycles. The molecule has 26 heavy (non-hydrogen) atoms. The molecule has 9 heteroatoms. The summed E-state index contributed by atoms with van der Waals surface area (Å²) >= 11 is 1.12. The fraction of sp³-hybridized carbons (Fsp3) is 0.353. The Morgan fingerprint density at radius 2 is 2.19 bits per heavy atom. The fourth-order valence-electron chi connectivity index (χ4n) is 2.98. The molecule has 3 aromatic rings. The van der Waals surface area contributed by atoms with Crippen LogP contribution in [-0.2, 0) is 6.42 Å². The molecule has 0 radical (unpaired) electrons. The van der Waals surface area contributed by atoms with E-state index in [-0.39, 0.29) is 17.9 Å². The van der Waals surface area contributed by atoms with Crippen LogP contribution in [0.25, 0.3) is 11.0 Å². The van der Waals surface area contributed by atoms with Gasteiger partial charge in [0, 0.05) is 18.5 Å². The number of nitrogens with zero attached hydrogens (tertiary/aromatic N) is 5. The lowest BCUT2D eigenvalue weighted by Gasteiger charge is -2.17. The van der Waals surface area contributed by atoms with E-state index in [1.165, 1.54) is 6.33 Å². The number of carbonyl (C=O) groups excluding carboxylic acids is 1. The van der Waals surface area contributed by atoms with E-state index in [9.17, 15) is 9.18 Å². The zero-order valence-corrected chi connectivity index (χ0v) is 14.9. The zero-order chi connectivity index (χ0) is 18.1. The monoisotopic (exact) mass is 373 g/mol. The van der Waals surface area contributed by atoms with Crippen molar-refractivity contribution in [1.82, 2.24) is 23.6 Å². The van der Waals surface area contributed by atoms with E-state index < -0.39 is 5.82 Å². The number of amides is 1. The van der Waals surface area contributed by atoms with Gasteiger partial charge in [0.15, 0.2) is 0 Å². The number of aryl methyl sites for hydroxylation is 1. The summed E-state index contributed by atoms with van der Waals surface area (Å²) in [6.07, 6.45) is 2.09. The summed E-state index contributed by atoms with van der Waals surface area (Å²) in [6, 6.07) is 5.28. The van der Waals surface area contributed by atoms with Crippen molar-refractivity contribution in [2.45, 2.75) is 25.9 Å². The average molecular weight is 373 g/mol. The van der Waals surface area contributed by atoms with Crippen molar-refractivity contribution in [2.75, 3.05) is 13.1 Å². The second-order valence-electron chi connectivity index (χ2n) is 6.04. The van der Waals surface area contributed by atoms with Crippen molar-refractivity contribution < 1.29 is 13.9 Å². The van der Waals surface area contributed by atoms with Crippen LogP contribution in [0.2, 0.25) is 0 Å². The van der Waals surface area contributed by atoms with Gasteiger partial charge in [0.05, 0.1) is 24.0 Å². The average Bonchev–Trinajstić information content (AvgIpc) is 3.31. The van der Waals surface area contributed by atoms with Gasteiger partial charge >= 0.3 is 0 Å². The fourth-order valence-corrected chi connectivity index (χ4v) is 3.50. The molecule has 0 bridgehead atoms. The minimum Gasteiger partial charge on any atom is -0.470 e. The molecule has 2 aromatic heterocycles. The molecule has 1 fully saturated rings. The zero-order valence-electron chi connectivity index (χ0n) is 14.1. The number of aromatic nitrogens is 4. The SMILES string of the molecule is CCc1ncnc(OC2CCN(C(=O)c3ccc4nsnc4c3)C2)c1F. The summed E-state index contributed by atoms with van der Waals surface area (Å²) in [5, 5.41) is 0. The topological polar surface area (TPSA) is 81.1 Å². The van der Waals surface area contributed by atoms with Gasteiger partial charge in [-0.05, 0) is 24.6 Å². The molecule has 134 valence electrons. The quantitative estimate of drug-likeness (QED) is 0.699. The Balaban J connectivity index is 1.45. The van der Waals surface area contributed by atoms with Crippen LogP contribution in [0.15, 0.2) is 24.5 Å². The molecule has 1 amide bonds. The van der Waals surface area contributed by atoms with Gasteiger partial charge in [-0.1, -0.05) is 6.92 Å². The van der Waals surface area contributed by atoms with E-state index in [0.29, 0.717) is 42.7 Å². The third kappa shape index (κ3) is 3.10. The van der Waals surface area contributed by atoms with Crippen LogP contribution >= 0.6 is 11.7 Å². The lowest BCUT2D eigenvalue weighted by molar-refractivity contribution is 0.0770. The van der Waals surface area contributed by atoms with Crippen molar-refractivity contribution in [3.8, 4) is 5.88 Å². The van der Waals surface area contributed by atoms with Crippen molar-refractivity contribution in [3.63, 3.8) is 0 Å². The Hall–Kier alpha value is -2.68. The molecule has 3 heterocycles. The first-order chi connectivity index (χ1) is 12.7. The molecule has 1 unspecified atom stereocenters. The molecule has 1 aromatic carbocycles. The standard InChI is InChI=1S/C17H16FN5O2S/c1-2-12-15(18)16(20-9-19-12)25-11-5-6-23(8-11)17(24)10-3-4-13-14(7-10)22-26-21-13/h3-4,7,9,11H,2,5-6,8H2,1H3. The van der Waals surface area contributed by atoms with Crippen LogP contribution in [-0.4, -0.2) is 48.7 Å². The molecule has 0 saturated carbocycles. The highest BCUT2D eigenvalue weighted by molar-refractivity contribution is 7.00. The second kappa shape index (κ2) is 6.91. The maximum absolute atomic E-state index is 14.2.